The van der Waals surface area contributed by atoms with Gasteiger partial charge in [0.15, 0.2) is 0 Å². The summed E-state index contributed by atoms with van der Waals surface area (Å²) >= 11 is 3.47. The topological polar surface area (TPSA) is 56.7 Å². The predicted molar refractivity (Wildman–Crippen MR) is 71.0 cm³/mol. The number of nitrogens with two attached hydrogens (primary N) is 1. The van der Waals surface area contributed by atoms with Crippen LogP contribution in [0.25, 0.3) is 5.69 Å². The molecule has 1 atom stereocenters. The Morgan fingerprint density at radius 1 is 1.47 bits per heavy atom. The standard InChI is InChI=1S/C12H15BrN4/c1-3-9-6-10(13)4-5-12(9)17-7-11(8(2)14)15-16-17/h4-8H,3,14H2,1-2H3. The first-order chi connectivity index (χ1) is 8.11. The third kappa shape index (κ3) is 2.56. The van der Waals surface area contributed by atoms with Crippen molar-refractivity contribution in [1.82, 2.24) is 15.0 Å². The molecular formula is C12H15BrN4. The summed E-state index contributed by atoms with van der Waals surface area (Å²) in [6.45, 7) is 4.02. The number of nitrogens with zero attached hydrogens (tertiary/aromatic N) is 3. The van der Waals surface area contributed by atoms with Crippen LogP contribution in [0.1, 0.15) is 31.1 Å². The zero-order valence-electron chi connectivity index (χ0n) is 9.89. The highest BCUT2D eigenvalue weighted by Crippen LogP contribution is 2.20. The molecule has 0 aliphatic carbocycles. The lowest BCUT2D eigenvalue weighted by Crippen LogP contribution is -2.05. The molecule has 2 rings (SSSR count). The molecule has 2 aromatic rings. The van der Waals surface area contributed by atoms with Crippen molar-refractivity contribution in [2.45, 2.75) is 26.3 Å². The van der Waals surface area contributed by atoms with Crippen LogP contribution in [0.5, 0.6) is 0 Å². The molecule has 0 aliphatic rings. The van der Waals surface area contributed by atoms with Gasteiger partial charge < -0.3 is 5.73 Å². The highest BCUT2D eigenvalue weighted by Gasteiger charge is 2.09. The summed E-state index contributed by atoms with van der Waals surface area (Å²) in [6, 6.07) is 6.04. The van der Waals surface area contributed by atoms with E-state index in [4.69, 9.17) is 5.73 Å². The van der Waals surface area contributed by atoms with Gasteiger partial charge in [-0.1, -0.05) is 28.1 Å². The number of benzene rings is 1. The van der Waals surface area contributed by atoms with E-state index < -0.39 is 0 Å². The number of aromatic nitrogens is 3. The van der Waals surface area contributed by atoms with E-state index in [9.17, 15) is 0 Å². The van der Waals surface area contributed by atoms with Crippen LogP contribution < -0.4 is 5.73 Å². The van der Waals surface area contributed by atoms with Crippen molar-refractivity contribution in [1.29, 1.82) is 0 Å². The van der Waals surface area contributed by atoms with E-state index in [0.717, 1.165) is 22.3 Å². The van der Waals surface area contributed by atoms with Gasteiger partial charge >= 0.3 is 0 Å². The second-order valence-electron chi connectivity index (χ2n) is 4.00. The first-order valence-corrected chi connectivity index (χ1v) is 6.37. The molecule has 4 nitrogen and oxygen atoms in total. The Morgan fingerprint density at radius 2 is 2.24 bits per heavy atom. The van der Waals surface area contributed by atoms with E-state index in [1.807, 2.05) is 25.3 Å². The summed E-state index contributed by atoms with van der Waals surface area (Å²) in [5, 5.41) is 8.18. The van der Waals surface area contributed by atoms with E-state index in [0.29, 0.717) is 0 Å². The van der Waals surface area contributed by atoms with Crippen LogP contribution in [-0.2, 0) is 6.42 Å². The van der Waals surface area contributed by atoms with Crippen LogP contribution in [-0.4, -0.2) is 15.0 Å². The van der Waals surface area contributed by atoms with Crippen molar-refractivity contribution in [2.24, 2.45) is 5.73 Å². The lowest BCUT2D eigenvalue weighted by molar-refractivity contribution is 0.754. The van der Waals surface area contributed by atoms with E-state index in [2.05, 4.69) is 39.2 Å². The molecule has 0 radical (unpaired) electrons. The Balaban J connectivity index is 2.44. The number of rotatable bonds is 3. The second kappa shape index (κ2) is 4.98. The van der Waals surface area contributed by atoms with E-state index in [-0.39, 0.29) is 6.04 Å². The normalized spacial score (nSPS) is 12.7. The average Bonchev–Trinajstić information content (AvgIpc) is 2.78. The molecule has 5 heteroatoms. The van der Waals surface area contributed by atoms with Crippen LogP contribution >= 0.6 is 15.9 Å². The molecule has 0 bridgehead atoms. The molecule has 0 saturated heterocycles. The zero-order chi connectivity index (χ0) is 12.4. The molecule has 0 amide bonds. The quantitative estimate of drug-likeness (QED) is 0.947. The highest BCUT2D eigenvalue weighted by molar-refractivity contribution is 9.10. The fourth-order valence-electron chi connectivity index (χ4n) is 1.66. The molecule has 1 aromatic carbocycles. The summed E-state index contributed by atoms with van der Waals surface area (Å²) in [7, 11) is 0. The molecule has 1 heterocycles. The number of halogens is 1. The maximum Gasteiger partial charge on any atom is 0.0995 e. The fraction of sp³-hybridized carbons (Fsp3) is 0.333. The van der Waals surface area contributed by atoms with Crippen molar-refractivity contribution in [2.75, 3.05) is 0 Å². The van der Waals surface area contributed by atoms with Crippen molar-refractivity contribution in [3.05, 3.63) is 40.1 Å². The molecule has 0 aliphatic heterocycles. The second-order valence-corrected chi connectivity index (χ2v) is 4.92. The minimum Gasteiger partial charge on any atom is -0.323 e. The van der Waals surface area contributed by atoms with Gasteiger partial charge in [0.1, 0.15) is 0 Å². The van der Waals surface area contributed by atoms with Gasteiger partial charge in [0.05, 0.1) is 17.6 Å². The van der Waals surface area contributed by atoms with Crippen LogP contribution in [0.2, 0.25) is 0 Å². The Morgan fingerprint density at radius 3 is 2.82 bits per heavy atom. The van der Waals surface area contributed by atoms with Crippen LogP contribution in [0.4, 0.5) is 0 Å². The Labute approximate surface area is 109 Å². The number of hydrogen-bond donors (Lipinski definition) is 1. The summed E-state index contributed by atoms with van der Waals surface area (Å²) in [5.41, 5.74) is 8.85. The first kappa shape index (κ1) is 12.3. The van der Waals surface area contributed by atoms with Crippen LogP contribution in [0.15, 0.2) is 28.9 Å². The van der Waals surface area contributed by atoms with E-state index in [1.54, 1.807) is 4.68 Å². The number of aryl methyl sites for hydroxylation is 1. The van der Waals surface area contributed by atoms with Gasteiger partial charge in [-0.05, 0) is 37.1 Å². The van der Waals surface area contributed by atoms with Gasteiger partial charge in [-0.3, -0.25) is 0 Å². The average molecular weight is 295 g/mol. The molecule has 2 N–H and O–H groups in total. The molecule has 1 unspecified atom stereocenters. The summed E-state index contributed by atoms with van der Waals surface area (Å²) < 4.78 is 2.86. The van der Waals surface area contributed by atoms with Gasteiger partial charge in [-0.15, -0.1) is 5.10 Å². The highest BCUT2D eigenvalue weighted by atomic mass is 79.9. The van der Waals surface area contributed by atoms with Gasteiger partial charge in [-0.2, -0.15) is 0 Å². The van der Waals surface area contributed by atoms with E-state index in [1.165, 1.54) is 5.56 Å². The maximum atomic E-state index is 5.78. The molecule has 0 spiro atoms. The zero-order valence-corrected chi connectivity index (χ0v) is 11.5. The first-order valence-electron chi connectivity index (χ1n) is 5.58. The molecule has 1 aromatic heterocycles. The smallest absolute Gasteiger partial charge is 0.0995 e. The Hall–Kier alpha value is -1.20. The summed E-state index contributed by atoms with van der Waals surface area (Å²) in [5.74, 6) is 0. The Kier molecular flexibility index (Phi) is 3.59. The predicted octanol–water partition coefficient (Wildman–Crippen LogP) is 2.61. The Bertz CT molecular complexity index is 519. The van der Waals surface area contributed by atoms with Gasteiger partial charge in [0.25, 0.3) is 0 Å². The minimum atomic E-state index is -0.0933. The van der Waals surface area contributed by atoms with Crippen molar-refractivity contribution in [3.63, 3.8) is 0 Å². The molecular weight excluding hydrogens is 280 g/mol. The molecule has 90 valence electrons. The fourth-order valence-corrected chi connectivity index (χ4v) is 2.07. The molecule has 17 heavy (non-hydrogen) atoms. The van der Waals surface area contributed by atoms with Crippen molar-refractivity contribution >= 4 is 15.9 Å². The third-order valence-electron chi connectivity index (χ3n) is 2.65. The summed E-state index contributed by atoms with van der Waals surface area (Å²) in [6.07, 6.45) is 2.83. The van der Waals surface area contributed by atoms with Crippen LogP contribution in [0.3, 0.4) is 0 Å². The lowest BCUT2D eigenvalue weighted by Gasteiger charge is -2.07. The SMILES string of the molecule is CCc1cc(Br)ccc1-n1cc(C(C)N)nn1. The van der Waals surface area contributed by atoms with E-state index >= 15 is 0 Å². The molecule has 0 saturated carbocycles. The van der Waals surface area contributed by atoms with Crippen molar-refractivity contribution < 1.29 is 0 Å². The molecule has 0 fully saturated rings. The maximum absolute atomic E-state index is 5.78. The lowest BCUT2D eigenvalue weighted by atomic mass is 10.1. The monoisotopic (exact) mass is 294 g/mol. The largest absolute Gasteiger partial charge is 0.323 e. The van der Waals surface area contributed by atoms with Gasteiger partial charge in [0, 0.05) is 10.5 Å². The van der Waals surface area contributed by atoms with Crippen LogP contribution in [0, 0.1) is 0 Å². The van der Waals surface area contributed by atoms with Gasteiger partial charge in [0.2, 0.25) is 0 Å². The van der Waals surface area contributed by atoms with Gasteiger partial charge in [-0.25, -0.2) is 4.68 Å². The number of hydrogen-bond acceptors (Lipinski definition) is 3. The van der Waals surface area contributed by atoms with Crippen molar-refractivity contribution in [3.8, 4) is 5.69 Å². The minimum absolute atomic E-state index is 0.0933. The summed E-state index contributed by atoms with van der Waals surface area (Å²) in [4.78, 5) is 0. The third-order valence-corrected chi connectivity index (χ3v) is 3.14.